The van der Waals surface area contributed by atoms with Crippen molar-refractivity contribution < 1.29 is 24.2 Å². The van der Waals surface area contributed by atoms with Crippen LogP contribution in [0.1, 0.15) is 265 Å². The van der Waals surface area contributed by atoms with E-state index in [0.29, 0.717) is 26.3 Å². The number of nitrogens with one attached hydrogen (secondary N) is 2. The summed E-state index contributed by atoms with van der Waals surface area (Å²) in [7, 11) is 4.12. The highest BCUT2D eigenvalue weighted by Gasteiger charge is 2.20. The van der Waals surface area contributed by atoms with Gasteiger partial charge in [-0.1, -0.05) is 207 Å². The van der Waals surface area contributed by atoms with Crippen LogP contribution >= 0.6 is 0 Å². The molecule has 0 saturated carbocycles. The molecule has 0 aliphatic heterocycles. The minimum atomic E-state index is -0.611. The number of aliphatic hydroxyl groups is 1. The van der Waals surface area contributed by atoms with Crippen LogP contribution in [0.5, 0.6) is 0 Å². The van der Waals surface area contributed by atoms with Crippen LogP contribution in [0, 0.1) is 11.8 Å². The van der Waals surface area contributed by atoms with Crippen molar-refractivity contribution in [2.24, 2.45) is 11.8 Å². The van der Waals surface area contributed by atoms with E-state index >= 15 is 0 Å². The van der Waals surface area contributed by atoms with Gasteiger partial charge in [0.05, 0.1) is 12.5 Å². The molecule has 9 nitrogen and oxygen atoms in total. The Hall–Kier alpha value is -1.42. The number of nitrogens with zero attached hydrogens (tertiary/aromatic N) is 2. The minimum absolute atomic E-state index is 0.0581. The van der Waals surface area contributed by atoms with Gasteiger partial charge in [0.25, 0.3) is 0 Å². The van der Waals surface area contributed by atoms with Crippen LogP contribution in [-0.4, -0.2) is 99.8 Å². The van der Waals surface area contributed by atoms with Crippen molar-refractivity contribution in [1.29, 1.82) is 0 Å². The van der Waals surface area contributed by atoms with Crippen LogP contribution < -0.4 is 10.6 Å². The van der Waals surface area contributed by atoms with Crippen LogP contribution in [0.15, 0.2) is 0 Å². The molecule has 3 atom stereocenters. The van der Waals surface area contributed by atoms with E-state index in [2.05, 4.69) is 62.2 Å². The Kier molecular flexibility index (Phi) is 49.4. The maximum atomic E-state index is 13.0. The first kappa shape index (κ1) is 63.6. The SMILES string of the molecule is CCCCCCCCC(CCCCCC)C(=O)OCCCCCCCCN(CCCCCCCCOC(O)C(CCCCCC)CCCCCCCC)CCNC(=O)NCCCN(C)C. The molecule has 0 aromatic heterocycles. The lowest BCUT2D eigenvalue weighted by Crippen LogP contribution is -2.41. The molecule has 0 aliphatic rings. The quantitative estimate of drug-likeness (QED) is 0.0317. The highest BCUT2D eigenvalue weighted by atomic mass is 16.6. The van der Waals surface area contributed by atoms with Gasteiger partial charge in [-0.05, 0) is 91.5 Å². The molecular formula is C56H114N4O5. The van der Waals surface area contributed by atoms with Gasteiger partial charge in [0, 0.05) is 32.2 Å². The molecule has 3 N–H and O–H groups in total. The molecule has 0 saturated heterocycles. The van der Waals surface area contributed by atoms with Crippen LogP contribution in [0.2, 0.25) is 0 Å². The second-order valence-electron chi connectivity index (χ2n) is 20.1. The molecule has 0 spiro atoms. The Balaban J connectivity index is 4.57. The Morgan fingerprint density at radius 3 is 1.34 bits per heavy atom. The second kappa shape index (κ2) is 50.5. The van der Waals surface area contributed by atoms with Crippen molar-refractivity contribution in [3.05, 3.63) is 0 Å². The lowest BCUT2D eigenvalue weighted by atomic mass is 9.93. The summed E-state index contributed by atoms with van der Waals surface area (Å²) in [6.45, 7) is 15.6. The average molecular weight is 924 g/mol. The molecule has 3 unspecified atom stereocenters. The molecule has 2 amide bonds. The van der Waals surface area contributed by atoms with Gasteiger partial charge < -0.3 is 35.0 Å². The predicted molar refractivity (Wildman–Crippen MR) is 280 cm³/mol. The number of rotatable bonds is 52. The van der Waals surface area contributed by atoms with Gasteiger partial charge in [-0.3, -0.25) is 4.79 Å². The number of unbranched alkanes of at least 4 members (excludes halogenated alkanes) is 26. The standard InChI is InChI=1S/C56H114N4O5/c1-7-11-15-19-25-33-42-52(40-31-17-13-9-3)54(61)64-50-37-29-23-21-27-35-47-60(49-45-58-56(63)57-44-39-46-59(5)6)48-36-28-22-24-30-38-51-65-55(62)53(41-32-18-14-10-4)43-34-26-20-16-12-8-2/h52-54,61H,7-51H2,1-6H3,(H2,57,58,63). The van der Waals surface area contributed by atoms with Crippen molar-refractivity contribution in [3.8, 4) is 0 Å². The smallest absolute Gasteiger partial charge is 0.314 e. The monoisotopic (exact) mass is 923 g/mol. The van der Waals surface area contributed by atoms with Crippen LogP contribution in [0.25, 0.3) is 0 Å². The van der Waals surface area contributed by atoms with Gasteiger partial charge in [0.2, 0.25) is 0 Å². The van der Waals surface area contributed by atoms with E-state index in [9.17, 15) is 14.7 Å². The van der Waals surface area contributed by atoms with Gasteiger partial charge in [-0.2, -0.15) is 0 Å². The molecule has 9 heteroatoms. The van der Waals surface area contributed by atoms with Gasteiger partial charge in [0.1, 0.15) is 0 Å². The molecule has 0 radical (unpaired) electrons. The number of hydrogen-bond donors (Lipinski definition) is 3. The van der Waals surface area contributed by atoms with Crippen LogP contribution in [0.4, 0.5) is 4.79 Å². The fourth-order valence-electron chi connectivity index (χ4n) is 9.06. The molecule has 388 valence electrons. The fourth-order valence-corrected chi connectivity index (χ4v) is 9.06. The van der Waals surface area contributed by atoms with Crippen LogP contribution in [-0.2, 0) is 14.3 Å². The summed E-state index contributed by atoms with van der Waals surface area (Å²) in [5, 5.41) is 17.1. The number of amides is 2. The molecule has 0 bridgehead atoms. The maximum absolute atomic E-state index is 13.0. The number of hydrogen-bond acceptors (Lipinski definition) is 7. The zero-order chi connectivity index (χ0) is 47.7. The predicted octanol–water partition coefficient (Wildman–Crippen LogP) is 14.8. The summed E-state index contributed by atoms with van der Waals surface area (Å²) in [4.78, 5) is 30.1. The number of ether oxygens (including phenoxy) is 2. The Morgan fingerprint density at radius 2 is 0.846 bits per heavy atom. The lowest BCUT2D eigenvalue weighted by molar-refractivity contribution is -0.149. The van der Waals surface area contributed by atoms with Crippen molar-refractivity contribution in [3.63, 3.8) is 0 Å². The van der Waals surface area contributed by atoms with E-state index in [0.717, 1.165) is 96.8 Å². The summed E-state index contributed by atoms with van der Waals surface area (Å²) in [6, 6.07) is -0.0634. The lowest BCUT2D eigenvalue weighted by Gasteiger charge is -2.23. The van der Waals surface area contributed by atoms with Crippen molar-refractivity contribution >= 4 is 12.0 Å². The topological polar surface area (TPSA) is 103 Å². The molecule has 0 heterocycles. The number of aliphatic hydroxyl groups excluding tert-OH is 1. The molecule has 0 aromatic carbocycles. The average Bonchev–Trinajstić information content (AvgIpc) is 3.29. The van der Waals surface area contributed by atoms with Gasteiger partial charge >= 0.3 is 12.0 Å². The largest absolute Gasteiger partial charge is 0.465 e. The first-order chi connectivity index (χ1) is 31.8. The molecule has 0 rings (SSSR count). The third-order valence-corrected chi connectivity index (χ3v) is 13.5. The number of carbonyl (C=O) groups is 2. The second-order valence-corrected chi connectivity index (χ2v) is 20.1. The van der Waals surface area contributed by atoms with Gasteiger partial charge in [-0.15, -0.1) is 0 Å². The molecule has 0 fully saturated rings. The Bertz CT molecular complexity index is 986. The highest BCUT2D eigenvalue weighted by Crippen LogP contribution is 2.24. The Morgan fingerprint density at radius 1 is 0.446 bits per heavy atom. The third-order valence-electron chi connectivity index (χ3n) is 13.5. The first-order valence-electron chi connectivity index (χ1n) is 28.6. The van der Waals surface area contributed by atoms with E-state index < -0.39 is 6.29 Å². The van der Waals surface area contributed by atoms with Crippen molar-refractivity contribution in [2.75, 3.05) is 66.6 Å². The maximum Gasteiger partial charge on any atom is 0.314 e. The molecule has 65 heavy (non-hydrogen) atoms. The van der Waals surface area contributed by atoms with E-state index in [4.69, 9.17) is 9.47 Å². The zero-order valence-corrected chi connectivity index (χ0v) is 44.5. The van der Waals surface area contributed by atoms with E-state index in [1.807, 2.05) is 0 Å². The normalized spacial score (nSPS) is 13.1. The summed E-state index contributed by atoms with van der Waals surface area (Å²) in [6.07, 6.45) is 43.7. The number of carbonyl (C=O) groups excluding carboxylic acids is 2. The Labute approximate surface area is 405 Å². The van der Waals surface area contributed by atoms with E-state index in [-0.39, 0.29) is 23.8 Å². The summed E-state index contributed by atoms with van der Waals surface area (Å²) in [5.74, 6) is 0.429. The van der Waals surface area contributed by atoms with E-state index in [1.165, 1.54) is 167 Å². The van der Waals surface area contributed by atoms with Gasteiger partial charge in [-0.25, -0.2) is 4.79 Å². The third kappa shape index (κ3) is 44.8. The summed E-state index contributed by atoms with van der Waals surface area (Å²) < 4.78 is 11.9. The summed E-state index contributed by atoms with van der Waals surface area (Å²) >= 11 is 0. The van der Waals surface area contributed by atoms with Crippen LogP contribution in [0.3, 0.4) is 0 Å². The summed E-state index contributed by atoms with van der Waals surface area (Å²) in [5.41, 5.74) is 0. The highest BCUT2D eigenvalue weighted by molar-refractivity contribution is 5.73. The van der Waals surface area contributed by atoms with E-state index in [1.54, 1.807) is 0 Å². The molecule has 0 aliphatic carbocycles. The molecule has 0 aromatic rings. The first-order valence-corrected chi connectivity index (χ1v) is 28.6. The molecular weight excluding hydrogens is 809 g/mol. The number of esters is 1. The van der Waals surface area contributed by atoms with Crippen molar-refractivity contribution in [1.82, 2.24) is 20.4 Å². The fraction of sp³-hybridized carbons (Fsp3) is 0.964. The number of urea groups is 1. The minimum Gasteiger partial charge on any atom is -0.465 e. The van der Waals surface area contributed by atoms with Crippen molar-refractivity contribution in [2.45, 2.75) is 272 Å². The van der Waals surface area contributed by atoms with Gasteiger partial charge in [0.15, 0.2) is 6.29 Å². The zero-order valence-electron chi connectivity index (χ0n) is 44.5.